The summed E-state index contributed by atoms with van der Waals surface area (Å²) in [6.45, 7) is 5.69. The molecule has 0 aliphatic carbocycles. The largest absolute Gasteiger partial charge is 0.367 e. The maximum atomic E-state index is 13.1. The lowest BCUT2D eigenvalue weighted by molar-refractivity contribution is 0.194. The van der Waals surface area contributed by atoms with Crippen LogP contribution in [0.4, 0.5) is 10.5 Å². The van der Waals surface area contributed by atoms with Crippen molar-refractivity contribution in [3.8, 4) is 0 Å². The normalized spacial score (nSPS) is 14.4. The summed E-state index contributed by atoms with van der Waals surface area (Å²) in [5.74, 6) is 0. The second-order valence-electron chi connectivity index (χ2n) is 7.55. The van der Waals surface area contributed by atoms with Gasteiger partial charge in [-0.05, 0) is 17.9 Å². The van der Waals surface area contributed by atoms with Crippen molar-refractivity contribution >= 4 is 33.3 Å². The molecule has 3 aromatic rings. The van der Waals surface area contributed by atoms with Gasteiger partial charge in [0.05, 0.1) is 0 Å². The van der Waals surface area contributed by atoms with Gasteiger partial charge in [0.15, 0.2) is 5.43 Å². The number of nitrogens with one attached hydrogen (secondary N) is 1. The molecule has 5 heteroatoms. The maximum Gasteiger partial charge on any atom is 0.317 e. The number of urea groups is 1. The molecule has 29 heavy (non-hydrogen) atoms. The summed E-state index contributed by atoms with van der Waals surface area (Å²) in [4.78, 5) is 29.6. The Morgan fingerprint density at radius 2 is 1.59 bits per heavy atom. The van der Waals surface area contributed by atoms with Crippen LogP contribution in [0.25, 0.3) is 21.5 Å². The number of hydrogen-bond acceptors (Lipinski definition) is 3. The van der Waals surface area contributed by atoms with Crippen LogP contribution in [0.2, 0.25) is 0 Å². The first kappa shape index (κ1) is 19.2. The average Bonchev–Trinajstić information content (AvgIpc) is 2.89. The van der Waals surface area contributed by atoms with Crippen molar-refractivity contribution in [2.75, 3.05) is 37.6 Å². The molecule has 150 valence electrons. The van der Waals surface area contributed by atoms with Gasteiger partial charge >= 0.3 is 6.03 Å². The number of piperazine rings is 1. The molecule has 2 amide bonds. The number of nitrogens with zero attached hydrogens (tertiary/aromatic N) is 2. The molecule has 5 nitrogen and oxygen atoms in total. The third-order valence-corrected chi connectivity index (χ3v) is 5.66. The lowest BCUT2D eigenvalue weighted by atomic mass is 10.1. The van der Waals surface area contributed by atoms with Crippen LogP contribution >= 0.6 is 0 Å². The smallest absolute Gasteiger partial charge is 0.317 e. The SMILES string of the molecule is CCCCNC(=O)N1CCN(c2cc3ccccc3c(=O)c3ccccc23)CC1. The van der Waals surface area contributed by atoms with E-state index in [0.717, 1.165) is 59.7 Å². The van der Waals surface area contributed by atoms with Crippen LogP contribution in [0.3, 0.4) is 0 Å². The molecule has 1 saturated heterocycles. The number of anilines is 1. The second kappa shape index (κ2) is 8.52. The van der Waals surface area contributed by atoms with Crippen LogP contribution in [-0.4, -0.2) is 43.7 Å². The van der Waals surface area contributed by atoms with E-state index in [4.69, 9.17) is 0 Å². The van der Waals surface area contributed by atoms with Gasteiger partial charge in [-0.1, -0.05) is 61.9 Å². The van der Waals surface area contributed by atoms with Gasteiger partial charge in [-0.2, -0.15) is 0 Å². The monoisotopic (exact) mass is 389 g/mol. The van der Waals surface area contributed by atoms with Gasteiger partial charge < -0.3 is 15.1 Å². The first-order valence-corrected chi connectivity index (χ1v) is 10.4. The molecule has 0 spiro atoms. The molecular weight excluding hydrogens is 362 g/mol. The Morgan fingerprint density at radius 3 is 2.31 bits per heavy atom. The van der Waals surface area contributed by atoms with Crippen molar-refractivity contribution in [3.63, 3.8) is 0 Å². The number of unbranched alkanes of at least 4 members (excludes halogenated alkanes) is 1. The van der Waals surface area contributed by atoms with Crippen molar-refractivity contribution in [2.24, 2.45) is 0 Å². The molecule has 3 aromatic carbocycles. The van der Waals surface area contributed by atoms with Gasteiger partial charge in [0.2, 0.25) is 0 Å². The van der Waals surface area contributed by atoms with Crippen molar-refractivity contribution < 1.29 is 4.79 Å². The Labute approximate surface area is 170 Å². The van der Waals surface area contributed by atoms with E-state index in [1.54, 1.807) is 0 Å². The predicted octanol–water partition coefficient (Wildman–Crippen LogP) is 3.98. The van der Waals surface area contributed by atoms with Gasteiger partial charge in [0, 0.05) is 54.6 Å². The van der Waals surface area contributed by atoms with Crippen LogP contribution in [0.15, 0.2) is 59.4 Å². The Balaban J connectivity index is 1.66. The van der Waals surface area contributed by atoms with Gasteiger partial charge in [-0.25, -0.2) is 4.79 Å². The lowest BCUT2D eigenvalue weighted by Crippen LogP contribution is -2.52. The van der Waals surface area contributed by atoms with Crippen molar-refractivity contribution in [1.82, 2.24) is 10.2 Å². The predicted molar refractivity (Wildman–Crippen MR) is 120 cm³/mol. The zero-order chi connectivity index (χ0) is 20.2. The highest BCUT2D eigenvalue weighted by Crippen LogP contribution is 2.28. The van der Waals surface area contributed by atoms with Gasteiger partial charge in [-0.15, -0.1) is 0 Å². The van der Waals surface area contributed by atoms with E-state index in [0.29, 0.717) is 13.1 Å². The van der Waals surface area contributed by atoms with E-state index in [1.165, 1.54) is 0 Å². The van der Waals surface area contributed by atoms with E-state index in [2.05, 4.69) is 23.2 Å². The maximum absolute atomic E-state index is 13.1. The van der Waals surface area contributed by atoms with Gasteiger partial charge in [0.25, 0.3) is 0 Å². The van der Waals surface area contributed by atoms with E-state index < -0.39 is 0 Å². The molecule has 0 atom stereocenters. The van der Waals surface area contributed by atoms with Crippen LogP contribution in [-0.2, 0) is 0 Å². The topological polar surface area (TPSA) is 52.7 Å². The third kappa shape index (κ3) is 3.90. The summed E-state index contributed by atoms with van der Waals surface area (Å²) in [7, 11) is 0. The molecule has 0 radical (unpaired) electrons. The zero-order valence-electron chi connectivity index (χ0n) is 16.9. The molecule has 0 bridgehead atoms. The molecule has 0 saturated carbocycles. The minimum absolute atomic E-state index is 0.0221. The van der Waals surface area contributed by atoms with Crippen molar-refractivity contribution in [2.45, 2.75) is 19.8 Å². The molecule has 0 unspecified atom stereocenters. The van der Waals surface area contributed by atoms with E-state index >= 15 is 0 Å². The van der Waals surface area contributed by atoms with Gasteiger partial charge in [0.1, 0.15) is 0 Å². The Bertz CT molecular complexity index is 1090. The first-order chi connectivity index (χ1) is 14.2. The molecule has 4 rings (SSSR count). The molecule has 1 N–H and O–H groups in total. The fourth-order valence-electron chi connectivity index (χ4n) is 4.00. The summed E-state index contributed by atoms with van der Waals surface area (Å²) in [5, 5.41) is 6.40. The molecule has 1 heterocycles. The number of benzene rings is 2. The van der Waals surface area contributed by atoms with Crippen LogP contribution in [0.5, 0.6) is 0 Å². The van der Waals surface area contributed by atoms with Gasteiger partial charge in [-0.3, -0.25) is 4.79 Å². The fraction of sp³-hybridized carbons (Fsp3) is 0.333. The minimum atomic E-state index is 0.0221. The molecule has 1 aliphatic rings. The number of carbonyl (C=O) groups is 1. The number of carbonyl (C=O) groups excluding carboxylic acids is 1. The number of hydrogen-bond donors (Lipinski definition) is 1. The highest BCUT2D eigenvalue weighted by Gasteiger charge is 2.22. The average molecular weight is 389 g/mol. The third-order valence-electron chi connectivity index (χ3n) is 5.66. The highest BCUT2D eigenvalue weighted by molar-refractivity contribution is 6.01. The summed E-state index contributed by atoms with van der Waals surface area (Å²) in [6.07, 6.45) is 2.07. The Morgan fingerprint density at radius 1 is 0.931 bits per heavy atom. The van der Waals surface area contributed by atoms with Crippen LogP contribution in [0, 0.1) is 0 Å². The van der Waals surface area contributed by atoms with Crippen molar-refractivity contribution in [1.29, 1.82) is 0 Å². The highest BCUT2D eigenvalue weighted by atomic mass is 16.2. The second-order valence-corrected chi connectivity index (χ2v) is 7.55. The molecular formula is C24H27N3O2. The summed E-state index contributed by atoms with van der Waals surface area (Å²) < 4.78 is 0. The molecule has 1 fully saturated rings. The standard InChI is InChI=1S/C24H27N3O2/c1-2-3-12-25-24(29)27-15-13-26(14-16-27)22-17-18-8-4-5-9-19(18)23(28)21-11-7-6-10-20(21)22/h4-11,17H,2-3,12-16H2,1H3,(H,25,29). The van der Waals surface area contributed by atoms with E-state index in [1.807, 2.05) is 53.4 Å². The lowest BCUT2D eigenvalue weighted by Gasteiger charge is -2.36. The fourth-order valence-corrected chi connectivity index (χ4v) is 4.00. The van der Waals surface area contributed by atoms with Crippen LogP contribution < -0.4 is 15.6 Å². The number of rotatable bonds is 4. The minimum Gasteiger partial charge on any atom is -0.367 e. The first-order valence-electron chi connectivity index (χ1n) is 10.4. The van der Waals surface area contributed by atoms with E-state index in [9.17, 15) is 9.59 Å². The van der Waals surface area contributed by atoms with Crippen LogP contribution in [0.1, 0.15) is 19.8 Å². The Kier molecular flexibility index (Phi) is 5.65. The summed E-state index contributed by atoms with van der Waals surface area (Å²) in [5.41, 5.74) is 1.13. The number of amides is 2. The van der Waals surface area contributed by atoms with E-state index in [-0.39, 0.29) is 11.5 Å². The molecule has 0 aromatic heterocycles. The Hall–Kier alpha value is -3.08. The number of fused-ring (bicyclic) bond motifs is 2. The van der Waals surface area contributed by atoms with Crippen molar-refractivity contribution in [3.05, 3.63) is 64.8 Å². The quantitative estimate of drug-likeness (QED) is 0.687. The summed E-state index contributed by atoms with van der Waals surface area (Å²) >= 11 is 0. The molecule has 1 aliphatic heterocycles. The summed E-state index contributed by atoms with van der Waals surface area (Å²) in [6, 6.07) is 17.7. The zero-order valence-corrected chi connectivity index (χ0v) is 16.9.